The van der Waals surface area contributed by atoms with Gasteiger partial charge in [0.05, 0.1) is 5.69 Å². The highest BCUT2D eigenvalue weighted by Gasteiger charge is 1.99. The minimum Gasteiger partial charge on any atom is -0.397 e. The molecule has 10 heavy (non-hydrogen) atoms. The maximum absolute atomic E-state index is 5.58. The van der Waals surface area contributed by atoms with Gasteiger partial charge in [-0.1, -0.05) is 15.9 Å². The average Bonchev–Trinajstić information content (AvgIpc) is 1.82. The van der Waals surface area contributed by atoms with Crippen LogP contribution in [0.25, 0.3) is 0 Å². The molecule has 1 nitrogen and oxygen atoms in total. The number of hydrogen-bond acceptors (Lipinski definition) is 3. The lowest BCUT2D eigenvalue weighted by molar-refractivity contribution is 1.33. The van der Waals surface area contributed by atoms with E-state index in [0.29, 0.717) is 5.69 Å². The van der Waals surface area contributed by atoms with Crippen LogP contribution in [0.4, 0.5) is 5.69 Å². The van der Waals surface area contributed by atoms with Crippen LogP contribution in [0.1, 0.15) is 0 Å². The Hall–Kier alpha value is 0.200. The summed E-state index contributed by atoms with van der Waals surface area (Å²) in [5, 5.41) is 0. The molecule has 0 atom stereocenters. The number of nitrogen functional groups attached to an aromatic ring is 1. The fourth-order valence-electron chi connectivity index (χ4n) is 0.590. The van der Waals surface area contributed by atoms with Gasteiger partial charge in [-0.15, -0.1) is 25.3 Å². The van der Waals surface area contributed by atoms with Gasteiger partial charge in [-0.25, -0.2) is 0 Å². The molecule has 0 bridgehead atoms. The van der Waals surface area contributed by atoms with E-state index in [1.54, 1.807) is 0 Å². The molecule has 0 fully saturated rings. The minimum atomic E-state index is 0.620. The second-order valence-electron chi connectivity index (χ2n) is 1.86. The van der Waals surface area contributed by atoms with Crippen LogP contribution in [-0.2, 0) is 0 Å². The molecule has 2 N–H and O–H groups in total. The zero-order valence-corrected chi connectivity index (χ0v) is 8.38. The quantitative estimate of drug-likeness (QED) is 0.468. The van der Waals surface area contributed by atoms with E-state index < -0.39 is 0 Å². The zero-order valence-electron chi connectivity index (χ0n) is 5.00. The van der Waals surface area contributed by atoms with Crippen molar-refractivity contribution < 1.29 is 0 Å². The van der Waals surface area contributed by atoms with Crippen molar-refractivity contribution in [3.8, 4) is 0 Å². The van der Waals surface area contributed by atoms with Gasteiger partial charge < -0.3 is 5.73 Å². The summed E-state index contributed by atoms with van der Waals surface area (Å²) in [5.74, 6) is 0. The molecule has 1 aromatic carbocycles. The third-order valence-electron chi connectivity index (χ3n) is 1.10. The molecule has 4 heteroatoms. The zero-order chi connectivity index (χ0) is 7.72. The fraction of sp³-hybridized carbons (Fsp3) is 0. The molecular weight excluding hydrogens is 230 g/mol. The lowest BCUT2D eigenvalue weighted by atomic mass is 10.3. The molecule has 0 aromatic heterocycles. The van der Waals surface area contributed by atoms with E-state index in [-0.39, 0.29) is 0 Å². The Morgan fingerprint density at radius 3 is 2.00 bits per heavy atom. The first-order valence-electron chi connectivity index (χ1n) is 2.58. The first kappa shape index (κ1) is 8.30. The van der Waals surface area contributed by atoms with Gasteiger partial charge >= 0.3 is 0 Å². The summed E-state index contributed by atoms with van der Waals surface area (Å²) in [4.78, 5) is 1.50. The predicted molar refractivity (Wildman–Crippen MR) is 53.1 cm³/mol. The van der Waals surface area contributed by atoms with Crippen molar-refractivity contribution in [1.82, 2.24) is 0 Å². The molecule has 0 aliphatic heterocycles. The lowest BCUT2D eigenvalue weighted by Gasteiger charge is -2.02. The Bertz CT molecular complexity index is 239. The summed E-state index contributed by atoms with van der Waals surface area (Å²) in [7, 11) is 0. The number of hydrogen-bond donors (Lipinski definition) is 3. The SMILES string of the molecule is Nc1c(S)cc(Br)cc1S. The van der Waals surface area contributed by atoms with E-state index in [4.69, 9.17) is 5.73 Å². The number of rotatable bonds is 0. The summed E-state index contributed by atoms with van der Waals surface area (Å²) in [6.07, 6.45) is 0. The van der Waals surface area contributed by atoms with Crippen LogP contribution >= 0.6 is 41.2 Å². The molecule has 0 unspecified atom stereocenters. The molecule has 0 amide bonds. The van der Waals surface area contributed by atoms with Crippen molar-refractivity contribution in [3.63, 3.8) is 0 Å². The molecule has 0 spiro atoms. The van der Waals surface area contributed by atoms with E-state index in [1.807, 2.05) is 12.1 Å². The molecule has 0 heterocycles. The second-order valence-corrected chi connectivity index (χ2v) is 3.74. The van der Waals surface area contributed by atoms with Crippen LogP contribution in [0.3, 0.4) is 0 Å². The average molecular weight is 236 g/mol. The normalized spacial score (nSPS) is 9.90. The van der Waals surface area contributed by atoms with Crippen molar-refractivity contribution in [2.45, 2.75) is 9.79 Å². The molecule has 0 saturated carbocycles. The van der Waals surface area contributed by atoms with Crippen molar-refractivity contribution in [2.75, 3.05) is 5.73 Å². The maximum atomic E-state index is 5.58. The van der Waals surface area contributed by atoms with Crippen molar-refractivity contribution in [2.24, 2.45) is 0 Å². The Labute approximate surface area is 78.9 Å². The van der Waals surface area contributed by atoms with Crippen molar-refractivity contribution in [3.05, 3.63) is 16.6 Å². The molecule has 0 radical (unpaired) electrons. The van der Waals surface area contributed by atoms with Crippen molar-refractivity contribution >= 4 is 46.9 Å². The number of anilines is 1. The molecule has 0 aliphatic carbocycles. The van der Waals surface area contributed by atoms with Crippen LogP contribution in [0.5, 0.6) is 0 Å². The largest absolute Gasteiger partial charge is 0.397 e. The summed E-state index contributed by atoms with van der Waals surface area (Å²) >= 11 is 11.6. The standard InChI is InChI=1S/C6H6BrNS2/c7-3-1-4(9)6(8)5(10)2-3/h1-2,9-10H,8H2. The highest BCUT2D eigenvalue weighted by Crippen LogP contribution is 2.28. The highest BCUT2D eigenvalue weighted by atomic mass is 79.9. The number of nitrogens with two attached hydrogens (primary N) is 1. The second kappa shape index (κ2) is 3.07. The highest BCUT2D eigenvalue weighted by molar-refractivity contribution is 9.10. The lowest BCUT2D eigenvalue weighted by Crippen LogP contribution is -1.88. The van der Waals surface area contributed by atoms with Gasteiger partial charge in [0.2, 0.25) is 0 Å². The molecule has 0 aliphatic rings. The Kier molecular flexibility index (Phi) is 2.55. The van der Waals surface area contributed by atoms with Crippen LogP contribution < -0.4 is 5.73 Å². The van der Waals surface area contributed by atoms with E-state index in [2.05, 4.69) is 41.2 Å². The van der Waals surface area contributed by atoms with Crippen molar-refractivity contribution in [1.29, 1.82) is 0 Å². The Balaban J connectivity index is 3.31. The first-order valence-corrected chi connectivity index (χ1v) is 4.27. The topological polar surface area (TPSA) is 26.0 Å². The van der Waals surface area contributed by atoms with Crippen LogP contribution in [0.15, 0.2) is 26.4 Å². The van der Waals surface area contributed by atoms with Gasteiger partial charge in [0.15, 0.2) is 0 Å². The van der Waals surface area contributed by atoms with Crippen LogP contribution in [0, 0.1) is 0 Å². The Morgan fingerprint density at radius 1 is 1.20 bits per heavy atom. The minimum absolute atomic E-state index is 0.620. The monoisotopic (exact) mass is 235 g/mol. The number of thiol groups is 2. The number of benzene rings is 1. The first-order chi connectivity index (χ1) is 4.61. The predicted octanol–water partition coefficient (Wildman–Crippen LogP) is 2.61. The van der Waals surface area contributed by atoms with Gasteiger partial charge in [0.1, 0.15) is 0 Å². The Morgan fingerprint density at radius 2 is 1.60 bits per heavy atom. The summed E-state index contributed by atoms with van der Waals surface area (Å²) < 4.78 is 0.941. The molecule has 1 aromatic rings. The summed E-state index contributed by atoms with van der Waals surface area (Å²) in [6.45, 7) is 0. The van der Waals surface area contributed by atoms with Gasteiger partial charge in [-0.05, 0) is 12.1 Å². The van der Waals surface area contributed by atoms with E-state index >= 15 is 0 Å². The molecular formula is C6H6BrNS2. The maximum Gasteiger partial charge on any atom is 0.0585 e. The fourth-order valence-corrected chi connectivity index (χ4v) is 2.01. The van der Waals surface area contributed by atoms with Gasteiger partial charge in [0.25, 0.3) is 0 Å². The molecule has 0 saturated heterocycles. The third-order valence-corrected chi connectivity index (χ3v) is 2.30. The van der Waals surface area contributed by atoms with Crippen LogP contribution in [-0.4, -0.2) is 0 Å². The van der Waals surface area contributed by atoms with E-state index in [0.717, 1.165) is 14.3 Å². The van der Waals surface area contributed by atoms with E-state index in [1.165, 1.54) is 0 Å². The molecule has 54 valence electrons. The molecule has 1 rings (SSSR count). The third kappa shape index (κ3) is 1.62. The number of halogens is 1. The smallest absolute Gasteiger partial charge is 0.0585 e. The van der Waals surface area contributed by atoms with E-state index in [9.17, 15) is 0 Å². The summed E-state index contributed by atoms with van der Waals surface area (Å²) in [6, 6.07) is 3.66. The summed E-state index contributed by atoms with van der Waals surface area (Å²) in [5.41, 5.74) is 6.20. The van der Waals surface area contributed by atoms with Gasteiger partial charge in [-0.3, -0.25) is 0 Å². The van der Waals surface area contributed by atoms with Crippen LogP contribution in [0.2, 0.25) is 0 Å². The van der Waals surface area contributed by atoms with Gasteiger partial charge in [0, 0.05) is 14.3 Å². The van der Waals surface area contributed by atoms with Gasteiger partial charge in [-0.2, -0.15) is 0 Å².